The van der Waals surface area contributed by atoms with E-state index in [1.807, 2.05) is 0 Å². The number of aliphatic hydroxyl groups excluding tert-OH is 11. The van der Waals surface area contributed by atoms with Gasteiger partial charge in [0.15, 0.2) is 18.9 Å². The van der Waals surface area contributed by atoms with Crippen molar-refractivity contribution in [2.45, 2.75) is 92.1 Å². The average Bonchev–Trinajstić information content (AvgIpc) is 2.82. The summed E-state index contributed by atoms with van der Waals surface area (Å²) in [5.74, 6) is 0. The van der Waals surface area contributed by atoms with Crippen LogP contribution in [0, 0.1) is 0 Å². The SMILES string of the molecule is OC[C@@H]1O[C@H](O[C@H]2[C@@H](O)[C@@H](O[C@@H]3[C@H](O)[C@H](O)O[C@@H](CO)[C@H]3O)O[C@@H](CO)[C@H]2O)[C@H](O)[C@H](O)[C@@H]1O. The molecule has 3 rings (SSSR count). The van der Waals surface area contributed by atoms with Gasteiger partial charge in [0.25, 0.3) is 0 Å². The van der Waals surface area contributed by atoms with E-state index < -0.39 is 112 Å². The zero-order valence-corrected chi connectivity index (χ0v) is 17.7. The molecule has 0 aliphatic carbocycles. The molecule has 200 valence electrons. The van der Waals surface area contributed by atoms with Crippen molar-refractivity contribution in [3.05, 3.63) is 0 Å². The molecule has 3 aliphatic rings. The minimum absolute atomic E-state index is 0.750. The van der Waals surface area contributed by atoms with Crippen molar-refractivity contribution in [2.75, 3.05) is 19.8 Å². The highest BCUT2D eigenvalue weighted by atomic mass is 16.7. The first-order valence-electron chi connectivity index (χ1n) is 10.6. The summed E-state index contributed by atoms with van der Waals surface area (Å²) in [7, 11) is 0. The summed E-state index contributed by atoms with van der Waals surface area (Å²) in [6.07, 6.45) is -25.5. The van der Waals surface area contributed by atoms with Crippen molar-refractivity contribution in [1.29, 1.82) is 0 Å². The monoisotopic (exact) mass is 504 g/mol. The Balaban J connectivity index is 1.78. The van der Waals surface area contributed by atoms with Gasteiger partial charge in [-0.05, 0) is 0 Å². The molecule has 0 saturated carbocycles. The first-order valence-corrected chi connectivity index (χ1v) is 10.6. The van der Waals surface area contributed by atoms with Crippen LogP contribution in [0.1, 0.15) is 0 Å². The van der Waals surface area contributed by atoms with Gasteiger partial charge in [0, 0.05) is 0 Å². The van der Waals surface area contributed by atoms with E-state index in [9.17, 15) is 56.2 Å². The van der Waals surface area contributed by atoms with Crippen LogP contribution in [0.3, 0.4) is 0 Å². The molecule has 3 heterocycles. The molecule has 0 spiro atoms. The lowest BCUT2D eigenvalue weighted by atomic mass is 9.96. The molecule has 16 nitrogen and oxygen atoms in total. The van der Waals surface area contributed by atoms with Gasteiger partial charge in [-0.3, -0.25) is 0 Å². The van der Waals surface area contributed by atoms with Gasteiger partial charge in [0.05, 0.1) is 19.8 Å². The molecule has 0 aromatic carbocycles. The molecule has 3 fully saturated rings. The lowest BCUT2D eigenvalue weighted by Crippen LogP contribution is -2.66. The first kappa shape index (κ1) is 27.9. The molecule has 11 N–H and O–H groups in total. The van der Waals surface area contributed by atoms with Gasteiger partial charge in [-0.1, -0.05) is 0 Å². The molecule has 0 aromatic rings. The molecular weight excluding hydrogens is 472 g/mol. The molecule has 3 saturated heterocycles. The Labute approximate surface area is 192 Å². The highest BCUT2D eigenvalue weighted by Gasteiger charge is 2.53. The second-order valence-corrected chi connectivity index (χ2v) is 8.33. The molecule has 0 radical (unpaired) electrons. The number of rotatable bonds is 7. The summed E-state index contributed by atoms with van der Waals surface area (Å²) >= 11 is 0. The summed E-state index contributed by atoms with van der Waals surface area (Å²) in [6.45, 7) is -2.33. The maximum absolute atomic E-state index is 10.7. The van der Waals surface area contributed by atoms with Crippen molar-refractivity contribution in [3.63, 3.8) is 0 Å². The topological polar surface area (TPSA) is 269 Å². The van der Waals surface area contributed by atoms with Crippen LogP contribution in [0.15, 0.2) is 0 Å². The maximum atomic E-state index is 10.7. The van der Waals surface area contributed by atoms with E-state index in [1.54, 1.807) is 0 Å². The van der Waals surface area contributed by atoms with Gasteiger partial charge in [0.1, 0.15) is 73.2 Å². The Morgan fingerprint density at radius 2 is 0.853 bits per heavy atom. The number of hydrogen-bond donors (Lipinski definition) is 11. The van der Waals surface area contributed by atoms with Gasteiger partial charge in [0.2, 0.25) is 0 Å². The van der Waals surface area contributed by atoms with Gasteiger partial charge in [-0.2, -0.15) is 0 Å². The first-order chi connectivity index (χ1) is 16.0. The Morgan fingerprint density at radius 1 is 0.441 bits per heavy atom. The van der Waals surface area contributed by atoms with Crippen molar-refractivity contribution in [1.82, 2.24) is 0 Å². The average molecular weight is 504 g/mol. The Bertz CT molecular complexity index is 639. The van der Waals surface area contributed by atoms with Crippen LogP contribution >= 0.6 is 0 Å². The molecule has 15 atom stereocenters. The number of hydrogen-bond acceptors (Lipinski definition) is 16. The number of ether oxygens (including phenoxy) is 5. The van der Waals surface area contributed by atoms with Gasteiger partial charge < -0.3 is 79.9 Å². The Hall–Kier alpha value is -0.640. The minimum Gasteiger partial charge on any atom is -0.394 e. The number of aliphatic hydroxyl groups is 11. The molecule has 34 heavy (non-hydrogen) atoms. The van der Waals surface area contributed by atoms with E-state index in [0.717, 1.165) is 0 Å². The van der Waals surface area contributed by atoms with Crippen LogP contribution in [-0.2, 0) is 23.7 Å². The smallest absolute Gasteiger partial charge is 0.187 e. The zero-order chi connectivity index (χ0) is 25.3. The molecule has 0 bridgehead atoms. The van der Waals surface area contributed by atoms with Crippen LogP contribution in [0.2, 0.25) is 0 Å². The van der Waals surface area contributed by atoms with E-state index in [0.29, 0.717) is 0 Å². The fourth-order valence-electron chi connectivity index (χ4n) is 4.04. The van der Waals surface area contributed by atoms with E-state index >= 15 is 0 Å². The van der Waals surface area contributed by atoms with Crippen molar-refractivity contribution >= 4 is 0 Å². The summed E-state index contributed by atoms with van der Waals surface area (Å²) in [6, 6.07) is 0. The molecule has 0 unspecified atom stereocenters. The quantitative estimate of drug-likeness (QED) is 0.154. The summed E-state index contributed by atoms with van der Waals surface area (Å²) in [5.41, 5.74) is 0. The Morgan fingerprint density at radius 3 is 1.35 bits per heavy atom. The predicted molar refractivity (Wildman–Crippen MR) is 101 cm³/mol. The largest absolute Gasteiger partial charge is 0.394 e. The standard InChI is InChI=1S/C18H32O16/c19-1-4-7(22)10(25)11(26)17(31-4)34-15-9(24)6(3-21)32-18(13(15)28)33-14-8(23)5(2-20)30-16(29)12(14)27/h4-29H,1-3H2/t4-,5-,6-,7+,8+,9+,10+,11+,12-,13+,14-,15+,16+,17+,18+/m0/s1. The highest BCUT2D eigenvalue weighted by Crippen LogP contribution is 2.32. The second kappa shape index (κ2) is 11.6. The lowest BCUT2D eigenvalue weighted by molar-refractivity contribution is -0.379. The van der Waals surface area contributed by atoms with Crippen LogP contribution in [0.25, 0.3) is 0 Å². The molecule has 0 amide bonds. The van der Waals surface area contributed by atoms with Gasteiger partial charge >= 0.3 is 0 Å². The van der Waals surface area contributed by atoms with Crippen LogP contribution in [-0.4, -0.2) is 168 Å². The molecular formula is C18H32O16. The van der Waals surface area contributed by atoms with E-state index in [2.05, 4.69) is 0 Å². The maximum Gasteiger partial charge on any atom is 0.187 e. The molecule has 3 aliphatic heterocycles. The third-order valence-corrected chi connectivity index (χ3v) is 6.09. The zero-order valence-electron chi connectivity index (χ0n) is 17.7. The van der Waals surface area contributed by atoms with Crippen LogP contribution in [0.4, 0.5) is 0 Å². The third kappa shape index (κ3) is 5.37. The minimum atomic E-state index is -1.92. The predicted octanol–water partition coefficient (Wildman–Crippen LogP) is -7.57. The van der Waals surface area contributed by atoms with Crippen molar-refractivity contribution in [3.8, 4) is 0 Å². The van der Waals surface area contributed by atoms with Crippen molar-refractivity contribution < 1.29 is 79.9 Å². The molecule has 16 heteroatoms. The van der Waals surface area contributed by atoms with E-state index in [4.69, 9.17) is 23.7 Å². The van der Waals surface area contributed by atoms with Crippen molar-refractivity contribution in [2.24, 2.45) is 0 Å². The van der Waals surface area contributed by atoms with Gasteiger partial charge in [-0.25, -0.2) is 0 Å². The highest BCUT2D eigenvalue weighted by molar-refractivity contribution is 4.96. The second-order valence-electron chi connectivity index (χ2n) is 8.33. The molecule has 0 aromatic heterocycles. The van der Waals surface area contributed by atoms with E-state index in [-0.39, 0.29) is 0 Å². The van der Waals surface area contributed by atoms with Gasteiger partial charge in [-0.15, -0.1) is 0 Å². The third-order valence-electron chi connectivity index (χ3n) is 6.09. The summed E-state index contributed by atoms with van der Waals surface area (Å²) in [5, 5.41) is 110. The Kier molecular flexibility index (Phi) is 9.54. The summed E-state index contributed by atoms with van der Waals surface area (Å²) < 4.78 is 26.2. The fourth-order valence-corrected chi connectivity index (χ4v) is 4.04. The van der Waals surface area contributed by atoms with Crippen LogP contribution in [0.5, 0.6) is 0 Å². The van der Waals surface area contributed by atoms with E-state index in [1.165, 1.54) is 0 Å². The van der Waals surface area contributed by atoms with Crippen LogP contribution < -0.4 is 0 Å². The summed E-state index contributed by atoms with van der Waals surface area (Å²) in [4.78, 5) is 0. The lowest BCUT2D eigenvalue weighted by Gasteiger charge is -2.47. The normalized spacial score (nSPS) is 52.5. The fraction of sp³-hybridized carbons (Fsp3) is 1.00.